The van der Waals surface area contributed by atoms with E-state index in [9.17, 15) is 0 Å². The van der Waals surface area contributed by atoms with Crippen LogP contribution in [0.3, 0.4) is 0 Å². The number of hydrogen-bond acceptors (Lipinski definition) is 0. The van der Waals surface area contributed by atoms with Crippen molar-refractivity contribution in [1.82, 2.24) is 0 Å². The molecule has 0 unspecified atom stereocenters. The second kappa shape index (κ2) is 7.14. The first-order valence-corrected chi connectivity index (χ1v) is 6.92. The Morgan fingerprint density at radius 2 is 1.44 bits per heavy atom. The molecule has 0 nitrogen and oxygen atoms in total. The maximum Gasteiger partial charge on any atom is 2.00 e. The van der Waals surface area contributed by atoms with Crippen molar-refractivity contribution in [2.24, 2.45) is 0 Å². The van der Waals surface area contributed by atoms with E-state index in [-0.39, 0.29) is 47.4 Å². The molecule has 2 heteroatoms. The standard InChI is InChI=1S/C14H21S.U/c1-6-15(7-2)13-10-8-12(9-11-13)14(3,4)5;/h8-11H,1-2,6-7H2,3-5H3;/q-1;+2. The van der Waals surface area contributed by atoms with Gasteiger partial charge in [-0.3, -0.25) is 13.8 Å². The fourth-order valence-electron chi connectivity index (χ4n) is 1.49. The quantitative estimate of drug-likeness (QED) is 0.479. The molecule has 0 aromatic heterocycles. The molecule has 86 valence electrons. The first-order valence-electron chi connectivity index (χ1n) is 5.35. The molecule has 0 aliphatic carbocycles. The average molecular weight is 459 g/mol. The van der Waals surface area contributed by atoms with Gasteiger partial charge in [0.05, 0.1) is 0 Å². The SMILES string of the molecule is [CH2-]C[S+](C[CH2-])c1ccc(C(C)(C)C)cc1.[U+2]. The maximum atomic E-state index is 3.98. The third-order valence-electron chi connectivity index (χ3n) is 2.55. The van der Waals surface area contributed by atoms with Crippen LogP contribution in [0.5, 0.6) is 0 Å². The van der Waals surface area contributed by atoms with Gasteiger partial charge in [-0.2, -0.15) is 0 Å². The maximum absolute atomic E-state index is 3.98. The smallest absolute Gasteiger partial charge is 0.294 e. The molecule has 0 amide bonds. The third-order valence-corrected chi connectivity index (χ3v) is 4.47. The zero-order valence-electron chi connectivity index (χ0n) is 10.5. The van der Waals surface area contributed by atoms with Gasteiger partial charge in [0.25, 0.3) is 0 Å². The normalized spacial score (nSPS) is 11.4. The number of rotatable bonds is 3. The Labute approximate surface area is 127 Å². The minimum Gasteiger partial charge on any atom is -0.294 e. The Morgan fingerprint density at radius 3 is 1.75 bits per heavy atom. The van der Waals surface area contributed by atoms with Crippen LogP contribution in [-0.4, -0.2) is 11.5 Å². The van der Waals surface area contributed by atoms with Crippen LogP contribution in [0.1, 0.15) is 26.3 Å². The second-order valence-electron chi connectivity index (χ2n) is 4.68. The van der Waals surface area contributed by atoms with Crippen LogP contribution in [0.25, 0.3) is 0 Å². The zero-order valence-corrected chi connectivity index (χ0v) is 15.5. The minimum absolute atomic E-state index is 0. The van der Waals surface area contributed by atoms with Gasteiger partial charge in [0.1, 0.15) is 4.90 Å². The molecular weight excluding hydrogens is 438 g/mol. The van der Waals surface area contributed by atoms with E-state index < -0.39 is 0 Å². The van der Waals surface area contributed by atoms with Crippen LogP contribution < -0.4 is 0 Å². The minimum atomic E-state index is 0. The topological polar surface area (TPSA) is 0 Å². The Bertz CT molecular complexity index is 294. The summed E-state index contributed by atoms with van der Waals surface area (Å²) >= 11 is 0. The Kier molecular flexibility index (Phi) is 7.42. The summed E-state index contributed by atoms with van der Waals surface area (Å²) in [4.78, 5) is 1.40. The van der Waals surface area contributed by atoms with Crippen molar-refractivity contribution in [2.75, 3.05) is 11.5 Å². The van der Waals surface area contributed by atoms with Crippen LogP contribution in [0.4, 0.5) is 0 Å². The predicted molar refractivity (Wildman–Crippen MR) is 71.2 cm³/mol. The second-order valence-corrected chi connectivity index (χ2v) is 6.95. The molecule has 0 radical (unpaired) electrons. The summed E-state index contributed by atoms with van der Waals surface area (Å²) in [5.41, 5.74) is 1.63. The van der Waals surface area contributed by atoms with Crippen LogP contribution >= 0.6 is 0 Å². The molecule has 16 heavy (non-hydrogen) atoms. The monoisotopic (exact) mass is 459 g/mol. The average Bonchev–Trinajstić information content (AvgIpc) is 2.19. The fraction of sp³-hybridized carbons (Fsp3) is 0.429. The van der Waals surface area contributed by atoms with E-state index in [0.717, 1.165) is 11.5 Å². The van der Waals surface area contributed by atoms with E-state index in [1.54, 1.807) is 0 Å². The van der Waals surface area contributed by atoms with Gasteiger partial charge in [-0.25, -0.2) is 0 Å². The van der Waals surface area contributed by atoms with Gasteiger partial charge in [-0.1, -0.05) is 32.9 Å². The van der Waals surface area contributed by atoms with Crippen LogP contribution in [0, 0.1) is 45.0 Å². The number of hydrogen-bond donors (Lipinski definition) is 0. The first kappa shape index (κ1) is 16.6. The van der Waals surface area contributed by atoms with Crippen LogP contribution in [-0.2, 0) is 16.3 Å². The van der Waals surface area contributed by atoms with Crippen molar-refractivity contribution >= 4 is 10.9 Å². The molecule has 0 heterocycles. The molecule has 0 bridgehead atoms. The van der Waals surface area contributed by atoms with Crippen molar-refractivity contribution < 1.29 is 31.1 Å². The molecular formula is C14H21SU+. The van der Waals surface area contributed by atoms with Crippen LogP contribution in [0.15, 0.2) is 29.2 Å². The van der Waals surface area contributed by atoms with E-state index >= 15 is 0 Å². The van der Waals surface area contributed by atoms with Crippen molar-refractivity contribution in [3.63, 3.8) is 0 Å². The van der Waals surface area contributed by atoms with Crippen LogP contribution in [0.2, 0.25) is 0 Å². The largest absolute Gasteiger partial charge is 2.00 e. The molecule has 0 saturated heterocycles. The van der Waals surface area contributed by atoms with Crippen molar-refractivity contribution in [3.05, 3.63) is 43.7 Å². The van der Waals surface area contributed by atoms with Gasteiger partial charge in [0, 0.05) is 0 Å². The summed E-state index contributed by atoms with van der Waals surface area (Å²) in [6.07, 6.45) is 0. The van der Waals surface area contributed by atoms with Gasteiger partial charge in [-0.05, 0) is 45.5 Å². The van der Waals surface area contributed by atoms with E-state index in [2.05, 4.69) is 58.9 Å². The Balaban J connectivity index is 0.00000225. The predicted octanol–water partition coefficient (Wildman–Crippen LogP) is 3.63. The van der Waals surface area contributed by atoms with Gasteiger partial charge in [-0.15, -0.1) is 0 Å². The van der Waals surface area contributed by atoms with E-state index in [0.29, 0.717) is 0 Å². The molecule has 1 rings (SSSR count). The summed E-state index contributed by atoms with van der Waals surface area (Å²) < 4.78 is 0. The number of benzene rings is 1. The van der Waals surface area contributed by atoms with E-state index in [4.69, 9.17) is 0 Å². The van der Waals surface area contributed by atoms with Gasteiger partial charge >= 0.3 is 31.1 Å². The van der Waals surface area contributed by atoms with E-state index in [1.165, 1.54) is 10.5 Å². The molecule has 1 aromatic carbocycles. The molecule has 0 N–H and O–H groups in total. The molecule has 1 aromatic rings. The third kappa shape index (κ3) is 4.48. The Hall–Kier alpha value is 0.622. The molecule has 0 atom stereocenters. The summed E-state index contributed by atoms with van der Waals surface area (Å²) in [6, 6.07) is 8.95. The van der Waals surface area contributed by atoms with E-state index in [1.807, 2.05) is 0 Å². The fourth-order valence-corrected chi connectivity index (χ4v) is 2.68. The van der Waals surface area contributed by atoms with Gasteiger partial charge in [0.15, 0.2) is 0 Å². The van der Waals surface area contributed by atoms with Gasteiger partial charge in [0.2, 0.25) is 0 Å². The van der Waals surface area contributed by atoms with Crippen molar-refractivity contribution in [2.45, 2.75) is 31.1 Å². The molecule has 0 aliphatic rings. The molecule has 0 fully saturated rings. The van der Waals surface area contributed by atoms with Gasteiger partial charge < -0.3 is 0 Å². The summed E-state index contributed by atoms with van der Waals surface area (Å²) in [6.45, 7) is 14.7. The molecule has 0 saturated carbocycles. The summed E-state index contributed by atoms with van der Waals surface area (Å²) in [5.74, 6) is 1.91. The first-order chi connectivity index (χ1) is 6.99. The molecule has 0 aliphatic heterocycles. The summed E-state index contributed by atoms with van der Waals surface area (Å²) in [5, 5.41) is 0. The zero-order chi connectivity index (χ0) is 11.5. The van der Waals surface area contributed by atoms with Crippen molar-refractivity contribution in [3.8, 4) is 0 Å². The summed E-state index contributed by atoms with van der Waals surface area (Å²) in [7, 11) is 0.241. The Morgan fingerprint density at radius 1 is 1.00 bits per heavy atom. The molecule has 0 spiro atoms. The van der Waals surface area contributed by atoms with Crippen molar-refractivity contribution in [1.29, 1.82) is 0 Å².